The fourth-order valence-corrected chi connectivity index (χ4v) is 2.00. The average molecular weight is 286 g/mol. The number of halogens is 1. The van der Waals surface area contributed by atoms with E-state index in [1.165, 1.54) is 0 Å². The minimum absolute atomic E-state index is 0.468. The third-order valence-electron chi connectivity index (χ3n) is 2.83. The van der Waals surface area contributed by atoms with Crippen molar-refractivity contribution in [2.24, 2.45) is 0 Å². The number of anilines is 3. The van der Waals surface area contributed by atoms with Gasteiger partial charge in [0, 0.05) is 24.3 Å². The molecular formula is C14H12ClN5. The lowest BCUT2D eigenvalue weighted by atomic mass is 10.2. The summed E-state index contributed by atoms with van der Waals surface area (Å²) in [6.07, 6.45) is 3.33. The zero-order chi connectivity index (χ0) is 13.9. The summed E-state index contributed by atoms with van der Waals surface area (Å²) in [5.74, 6) is 1.08. The van der Waals surface area contributed by atoms with Gasteiger partial charge in [0.25, 0.3) is 0 Å². The highest BCUT2D eigenvalue weighted by atomic mass is 35.5. The summed E-state index contributed by atoms with van der Waals surface area (Å²) in [4.78, 5) is 12.6. The maximum Gasteiger partial charge on any atom is 0.224 e. The molecule has 20 heavy (non-hydrogen) atoms. The predicted molar refractivity (Wildman–Crippen MR) is 81.6 cm³/mol. The fourth-order valence-electron chi connectivity index (χ4n) is 1.87. The molecule has 0 radical (unpaired) electrons. The molecule has 0 aliphatic carbocycles. The van der Waals surface area contributed by atoms with Crippen molar-refractivity contribution in [1.82, 2.24) is 15.0 Å². The largest absolute Gasteiger partial charge is 0.357 e. The summed E-state index contributed by atoms with van der Waals surface area (Å²) in [6, 6.07) is 9.80. The van der Waals surface area contributed by atoms with Crippen LogP contribution in [0.15, 0.2) is 42.7 Å². The highest BCUT2D eigenvalue weighted by Crippen LogP contribution is 2.25. The number of pyridine rings is 1. The zero-order valence-corrected chi connectivity index (χ0v) is 11.5. The molecule has 0 bridgehead atoms. The molecule has 0 saturated heterocycles. The molecule has 3 aromatic rings. The number of hydrogen-bond acceptors (Lipinski definition) is 5. The quantitative estimate of drug-likeness (QED) is 0.771. The van der Waals surface area contributed by atoms with Crippen LogP contribution in [0.25, 0.3) is 10.9 Å². The van der Waals surface area contributed by atoms with E-state index in [1.54, 1.807) is 19.4 Å². The summed E-state index contributed by atoms with van der Waals surface area (Å²) >= 11 is 6.09. The molecule has 0 saturated carbocycles. The molecule has 0 unspecified atom stereocenters. The standard InChI is InChI=1S/C14H12ClN5/c1-16-14-18-8-11(15)13(20-14)19-10-4-5-12-9(7-10)3-2-6-17-12/h2-8H,1H3,(H2,16,18,19,20). The minimum Gasteiger partial charge on any atom is -0.357 e. The van der Waals surface area contributed by atoms with Crippen LogP contribution in [0.2, 0.25) is 5.02 Å². The molecule has 0 spiro atoms. The van der Waals surface area contributed by atoms with Crippen molar-refractivity contribution >= 4 is 40.0 Å². The molecule has 100 valence electrons. The van der Waals surface area contributed by atoms with Crippen molar-refractivity contribution in [3.63, 3.8) is 0 Å². The number of nitrogens with one attached hydrogen (secondary N) is 2. The van der Waals surface area contributed by atoms with E-state index < -0.39 is 0 Å². The van der Waals surface area contributed by atoms with Crippen LogP contribution >= 0.6 is 11.6 Å². The summed E-state index contributed by atoms with van der Waals surface area (Å²) in [7, 11) is 1.76. The van der Waals surface area contributed by atoms with Gasteiger partial charge in [-0.3, -0.25) is 4.98 Å². The lowest BCUT2D eigenvalue weighted by Crippen LogP contribution is -2.01. The van der Waals surface area contributed by atoms with Crippen molar-refractivity contribution in [2.45, 2.75) is 0 Å². The third-order valence-corrected chi connectivity index (χ3v) is 3.11. The van der Waals surface area contributed by atoms with Gasteiger partial charge in [0.05, 0.1) is 11.7 Å². The number of aromatic nitrogens is 3. The Morgan fingerprint density at radius 2 is 2.05 bits per heavy atom. The Hall–Kier alpha value is -2.40. The molecule has 2 aromatic heterocycles. The molecule has 6 heteroatoms. The minimum atomic E-state index is 0.468. The number of hydrogen-bond donors (Lipinski definition) is 2. The molecule has 0 fully saturated rings. The van der Waals surface area contributed by atoms with Gasteiger partial charge in [0.15, 0.2) is 5.82 Å². The Kier molecular flexibility index (Phi) is 3.35. The third kappa shape index (κ3) is 2.48. The first-order valence-corrected chi connectivity index (χ1v) is 6.46. The summed E-state index contributed by atoms with van der Waals surface area (Å²) < 4.78 is 0. The molecule has 3 rings (SSSR count). The van der Waals surface area contributed by atoms with Crippen LogP contribution in [0.4, 0.5) is 17.5 Å². The number of fused-ring (bicyclic) bond motifs is 1. The van der Waals surface area contributed by atoms with E-state index in [0.29, 0.717) is 16.8 Å². The van der Waals surface area contributed by atoms with Crippen molar-refractivity contribution in [3.8, 4) is 0 Å². The normalized spacial score (nSPS) is 10.5. The van der Waals surface area contributed by atoms with E-state index in [1.807, 2.05) is 30.3 Å². The van der Waals surface area contributed by atoms with Crippen molar-refractivity contribution in [3.05, 3.63) is 47.7 Å². The first-order chi connectivity index (χ1) is 9.76. The molecule has 1 aromatic carbocycles. The van der Waals surface area contributed by atoms with Crippen LogP contribution < -0.4 is 10.6 Å². The van der Waals surface area contributed by atoms with Gasteiger partial charge in [-0.1, -0.05) is 17.7 Å². The van der Waals surface area contributed by atoms with Crippen LogP contribution in [-0.4, -0.2) is 22.0 Å². The van der Waals surface area contributed by atoms with Crippen molar-refractivity contribution < 1.29 is 0 Å². The number of rotatable bonds is 3. The van der Waals surface area contributed by atoms with Crippen LogP contribution in [-0.2, 0) is 0 Å². The zero-order valence-electron chi connectivity index (χ0n) is 10.8. The van der Waals surface area contributed by atoms with Gasteiger partial charge >= 0.3 is 0 Å². The molecular weight excluding hydrogens is 274 g/mol. The van der Waals surface area contributed by atoms with E-state index in [9.17, 15) is 0 Å². The van der Waals surface area contributed by atoms with Crippen molar-refractivity contribution in [1.29, 1.82) is 0 Å². The van der Waals surface area contributed by atoms with E-state index >= 15 is 0 Å². The smallest absolute Gasteiger partial charge is 0.224 e. The second kappa shape index (κ2) is 5.30. The first-order valence-electron chi connectivity index (χ1n) is 6.08. The van der Waals surface area contributed by atoms with Gasteiger partial charge in [-0.05, 0) is 24.3 Å². The predicted octanol–water partition coefficient (Wildman–Crippen LogP) is 3.46. The second-order valence-electron chi connectivity index (χ2n) is 4.18. The maximum atomic E-state index is 6.09. The van der Waals surface area contributed by atoms with Crippen LogP contribution in [0.5, 0.6) is 0 Å². The number of benzene rings is 1. The summed E-state index contributed by atoms with van der Waals surface area (Å²) in [5, 5.41) is 7.59. The molecule has 0 aliphatic heterocycles. The SMILES string of the molecule is CNc1ncc(Cl)c(Nc2ccc3ncccc3c2)n1. The lowest BCUT2D eigenvalue weighted by Gasteiger charge is -2.09. The second-order valence-corrected chi connectivity index (χ2v) is 4.58. The topological polar surface area (TPSA) is 62.7 Å². The lowest BCUT2D eigenvalue weighted by molar-refractivity contribution is 1.15. The molecule has 2 N–H and O–H groups in total. The maximum absolute atomic E-state index is 6.09. The highest BCUT2D eigenvalue weighted by molar-refractivity contribution is 6.32. The Bertz CT molecular complexity index is 759. The summed E-state index contributed by atoms with van der Waals surface area (Å²) in [5.41, 5.74) is 1.84. The van der Waals surface area contributed by atoms with Gasteiger partial charge in [-0.25, -0.2) is 4.98 Å². The van der Waals surface area contributed by atoms with E-state index in [4.69, 9.17) is 11.6 Å². The highest BCUT2D eigenvalue weighted by Gasteiger charge is 2.05. The van der Waals surface area contributed by atoms with Gasteiger partial charge in [-0.2, -0.15) is 4.98 Å². The van der Waals surface area contributed by atoms with Gasteiger partial charge in [0.1, 0.15) is 5.02 Å². The van der Waals surface area contributed by atoms with E-state index in [-0.39, 0.29) is 0 Å². The molecule has 2 heterocycles. The average Bonchev–Trinajstić information content (AvgIpc) is 2.49. The Morgan fingerprint density at radius 1 is 1.15 bits per heavy atom. The fraction of sp³-hybridized carbons (Fsp3) is 0.0714. The van der Waals surface area contributed by atoms with Gasteiger partial charge in [0.2, 0.25) is 5.95 Å². The first kappa shape index (κ1) is 12.6. The van der Waals surface area contributed by atoms with Crippen molar-refractivity contribution in [2.75, 3.05) is 17.7 Å². The Balaban J connectivity index is 1.96. The molecule has 0 atom stereocenters. The van der Waals surface area contributed by atoms with E-state index in [2.05, 4.69) is 25.6 Å². The Morgan fingerprint density at radius 3 is 2.90 bits per heavy atom. The summed E-state index contributed by atoms with van der Waals surface area (Å²) in [6.45, 7) is 0. The van der Waals surface area contributed by atoms with Crippen LogP contribution in [0.1, 0.15) is 0 Å². The van der Waals surface area contributed by atoms with Crippen LogP contribution in [0.3, 0.4) is 0 Å². The van der Waals surface area contributed by atoms with Crippen LogP contribution in [0, 0.1) is 0 Å². The molecule has 0 amide bonds. The van der Waals surface area contributed by atoms with E-state index in [0.717, 1.165) is 16.6 Å². The number of nitrogens with zero attached hydrogens (tertiary/aromatic N) is 3. The van der Waals surface area contributed by atoms with Gasteiger partial charge in [-0.15, -0.1) is 0 Å². The monoisotopic (exact) mass is 285 g/mol. The van der Waals surface area contributed by atoms with Gasteiger partial charge < -0.3 is 10.6 Å². The molecule has 0 aliphatic rings. The Labute approximate surface area is 121 Å². The molecule has 5 nitrogen and oxygen atoms in total.